The molecule has 3 unspecified atom stereocenters. The van der Waals surface area contributed by atoms with E-state index in [4.69, 9.17) is 15.3 Å². The van der Waals surface area contributed by atoms with Crippen LogP contribution in [0.15, 0.2) is 0 Å². The molecule has 94 valence electrons. The molecule has 0 aromatic heterocycles. The minimum atomic E-state index is -0.00704. The molecule has 2 fully saturated rings. The van der Waals surface area contributed by atoms with Crippen molar-refractivity contribution in [2.24, 2.45) is 17.7 Å². The van der Waals surface area contributed by atoms with Crippen molar-refractivity contribution in [2.75, 3.05) is 19.8 Å². The fourth-order valence-corrected chi connectivity index (χ4v) is 3.11. The highest BCUT2D eigenvalue weighted by Crippen LogP contribution is 2.38. The smallest absolute Gasteiger partial charge is 0.0939 e. The third-order valence-electron chi connectivity index (χ3n) is 4.02. The molecule has 16 heavy (non-hydrogen) atoms. The van der Waals surface area contributed by atoms with Crippen LogP contribution < -0.4 is 11.3 Å². The zero-order valence-electron chi connectivity index (χ0n) is 10.4. The van der Waals surface area contributed by atoms with Crippen LogP contribution in [-0.4, -0.2) is 31.5 Å². The molecule has 3 atom stereocenters. The number of rotatable bonds is 3. The Morgan fingerprint density at radius 2 is 2.19 bits per heavy atom. The van der Waals surface area contributed by atoms with Gasteiger partial charge < -0.3 is 9.47 Å². The number of hydrazine groups is 1. The van der Waals surface area contributed by atoms with Gasteiger partial charge in [-0.05, 0) is 24.7 Å². The fourth-order valence-electron chi connectivity index (χ4n) is 3.11. The van der Waals surface area contributed by atoms with Crippen molar-refractivity contribution in [2.45, 2.75) is 44.8 Å². The Hall–Kier alpha value is -0.160. The number of hydrogen-bond donors (Lipinski definition) is 2. The van der Waals surface area contributed by atoms with Crippen LogP contribution in [0.2, 0.25) is 0 Å². The third-order valence-corrected chi connectivity index (χ3v) is 4.02. The van der Waals surface area contributed by atoms with Crippen LogP contribution in [0.25, 0.3) is 0 Å². The van der Waals surface area contributed by atoms with Crippen LogP contribution in [0.5, 0.6) is 0 Å². The van der Waals surface area contributed by atoms with Crippen LogP contribution >= 0.6 is 0 Å². The van der Waals surface area contributed by atoms with E-state index < -0.39 is 0 Å². The van der Waals surface area contributed by atoms with E-state index in [1.807, 2.05) is 0 Å². The lowest BCUT2D eigenvalue weighted by Gasteiger charge is -2.41. The van der Waals surface area contributed by atoms with Crippen molar-refractivity contribution in [3.8, 4) is 0 Å². The normalized spacial score (nSPS) is 37.1. The molecule has 4 nitrogen and oxygen atoms in total. The van der Waals surface area contributed by atoms with E-state index in [9.17, 15) is 0 Å². The molecular formula is C12H24N2O2. The lowest BCUT2D eigenvalue weighted by Crippen LogP contribution is -2.51. The van der Waals surface area contributed by atoms with Crippen molar-refractivity contribution in [3.05, 3.63) is 0 Å². The first-order valence-corrected chi connectivity index (χ1v) is 6.35. The van der Waals surface area contributed by atoms with E-state index in [0.29, 0.717) is 17.9 Å². The maximum absolute atomic E-state index is 5.94. The summed E-state index contributed by atoms with van der Waals surface area (Å²) in [4.78, 5) is 0. The zero-order valence-corrected chi connectivity index (χ0v) is 10.4. The molecule has 2 rings (SSSR count). The molecule has 4 heteroatoms. The van der Waals surface area contributed by atoms with E-state index in [1.165, 1.54) is 0 Å². The van der Waals surface area contributed by atoms with Crippen molar-refractivity contribution in [1.29, 1.82) is 0 Å². The second-order valence-corrected chi connectivity index (χ2v) is 5.52. The van der Waals surface area contributed by atoms with Gasteiger partial charge in [0.15, 0.2) is 0 Å². The Kier molecular flexibility index (Phi) is 3.85. The summed E-state index contributed by atoms with van der Waals surface area (Å²) in [6.07, 6.45) is 3.23. The topological polar surface area (TPSA) is 56.5 Å². The van der Waals surface area contributed by atoms with Crippen molar-refractivity contribution in [1.82, 2.24) is 5.43 Å². The van der Waals surface area contributed by atoms with Crippen molar-refractivity contribution >= 4 is 0 Å². The van der Waals surface area contributed by atoms with Crippen LogP contribution in [0.3, 0.4) is 0 Å². The molecule has 0 aromatic rings. The summed E-state index contributed by atoms with van der Waals surface area (Å²) in [6, 6.07) is 0.390. The highest BCUT2D eigenvalue weighted by atomic mass is 16.6. The maximum atomic E-state index is 5.94. The van der Waals surface area contributed by atoms with E-state index >= 15 is 0 Å². The minimum Gasteiger partial charge on any atom is -0.378 e. The predicted molar refractivity (Wildman–Crippen MR) is 62.8 cm³/mol. The molecular weight excluding hydrogens is 204 g/mol. The summed E-state index contributed by atoms with van der Waals surface area (Å²) in [5, 5.41) is 0. The van der Waals surface area contributed by atoms with Crippen LogP contribution in [-0.2, 0) is 9.47 Å². The monoisotopic (exact) mass is 228 g/mol. The summed E-state index contributed by atoms with van der Waals surface area (Å²) in [6.45, 7) is 6.89. The quantitative estimate of drug-likeness (QED) is 0.560. The molecule has 2 heterocycles. The maximum Gasteiger partial charge on any atom is 0.0939 e. The highest BCUT2D eigenvalue weighted by Gasteiger charge is 2.43. The van der Waals surface area contributed by atoms with Gasteiger partial charge in [0.2, 0.25) is 0 Å². The van der Waals surface area contributed by atoms with Gasteiger partial charge in [0, 0.05) is 25.7 Å². The molecule has 2 saturated heterocycles. The van der Waals surface area contributed by atoms with Crippen LogP contribution in [0.1, 0.15) is 33.1 Å². The van der Waals surface area contributed by atoms with Gasteiger partial charge in [-0.25, -0.2) is 0 Å². The van der Waals surface area contributed by atoms with E-state index in [2.05, 4.69) is 19.3 Å². The van der Waals surface area contributed by atoms with Gasteiger partial charge in [-0.1, -0.05) is 13.8 Å². The summed E-state index contributed by atoms with van der Waals surface area (Å²) >= 11 is 0. The van der Waals surface area contributed by atoms with E-state index in [0.717, 1.165) is 39.1 Å². The number of nitrogens with two attached hydrogens (primary N) is 1. The van der Waals surface area contributed by atoms with Gasteiger partial charge in [-0.15, -0.1) is 0 Å². The lowest BCUT2D eigenvalue weighted by molar-refractivity contribution is -0.105. The predicted octanol–water partition coefficient (Wildman–Crippen LogP) is 1.06. The minimum absolute atomic E-state index is 0.00704. The fraction of sp³-hybridized carbons (Fsp3) is 1.00. The number of ether oxygens (including phenoxy) is 2. The number of nitrogens with one attached hydrogen (secondary N) is 1. The van der Waals surface area contributed by atoms with Crippen molar-refractivity contribution < 1.29 is 9.47 Å². The molecule has 0 radical (unpaired) electrons. The average molecular weight is 228 g/mol. The molecule has 0 amide bonds. The lowest BCUT2D eigenvalue weighted by atomic mass is 9.78. The SMILES string of the molecule is CC(C)C(NN)C1CCOC2(CCOC2)C1. The molecule has 2 aliphatic heterocycles. The Balaban J connectivity index is 2.00. The molecule has 3 N–H and O–H groups in total. The van der Waals surface area contributed by atoms with E-state index in [1.54, 1.807) is 0 Å². The summed E-state index contributed by atoms with van der Waals surface area (Å²) in [5.41, 5.74) is 2.97. The third kappa shape index (κ3) is 2.40. The molecule has 0 aromatic carbocycles. The first-order chi connectivity index (χ1) is 7.67. The van der Waals surface area contributed by atoms with Crippen molar-refractivity contribution in [3.63, 3.8) is 0 Å². The molecule has 0 aliphatic carbocycles. The Labute approximate surface area is 97.8 Å². The number of hydrogen-bond acceptors (Lipinski definition) is 4. The van der Waals surface area contributed by atoms with Gasteiger partial charge in [0.25, 0.3) is 0 Å². The van der Waals surface area contributed by atoms with Gasteiger partial charge >= 0.3 is 0 Å². The first-order valence-electron chi connectivity index (χ1n) is 6.35. The Bertz CT molecular complexity index is 227. The first kappa shape index (κ1) is 12.3. The highest BCUT2D eigenvalue weighted by molar-refractivity contribution is 4.93. The zero-order chi connectivity index (χ0) is 11.6. The van der Waals surface area contributed by atoms with Gasteiger partial charge in [0.05, 0.1) is 12.2 Å². The second-order valence-electron chi connectivity index (χ2n) is 5.52. The summed E-state index contributed by atoms with van der Waals surface area (Å²) in [7, 11) is 0. The largest absolute Gasteiger partial charge is 0.378 e. The van der Waals surface area contributed by atoms with Crippen LogP contribution in [0.4, 0.5) is 0 Å². The standard InChI is InChI=1S/C12H24N2O2/c1-9(2)11(14-13)10-3-5-16-12(7-10)4-6-15-8-12/h9-11,14H,3-8,13H2,1-2H3. The molecule has 0 bridgehead atoms. The molecule has 1 spiro atoms. The molecule has 0 saturated carbocycles. The van der Waals surface area contributed by atoms with Gasteiger partial charge in [-0.3, -0.25) is 11.3 Å². The van der Waals surface area contributed by atoms with Gasteiger partial charge in [0.1, 0.15) is 0 Å². The Morgan fingerprint density at radius 1 is 1.38 bits per heavy atom. The Morgan fingerprint density at radius 3 is 2.75 bits per heavy atom. The average Bonchev–Trinajstić information content (AvgIpc) is 2.67. The van der Waals surface area contributed by atoms with Crippen LogP contribution in [0, 0.1) is 11.8 Å². The van der Waals surface area contributed by atoms with Gasteiger partial charge in [-0.2, -0.15) is 0 Å². The molecule has 2 aliphatic rings. The van der Waals surface area contributed by atoms with E-state index in [-0.39, 0.29) is 5.60 Å². The summed E-state index contributed by atoms with van der Waals surface area (Å²) < 4.78 is 11.4. The summed E-state index contributed by atoms with van der Waals surface area (Å²) in [5.74, 6) is 6.84. The second kappa shape index (κ2) is 5.00.